The van der Waals surface area contributed by atoms with Crippen LogP contribution >= 0.6 is 23.4 Å². The number of ether oxygens (including phenoxy) is 3. The molecule has 2 aromatic carbocycles. The summed E-state index contributed by atoms with van der Waals surface area (Å²) in [5.74, 6) is 1.78. The third-order valence-corrected chi connectivity index (χ3v) is 6.99. The lowest BCUT2D eigenvalue weighted by Gasteiger charge is -2.21. The van der Waals surface area contributed by atoms with E-state index in [1.54, 1.807) is 25.6 Å². The summed E-state index contributed by atoms with van der Waals surface area (Å²) in [6, 6.07) is 15.6. The summed E-state index contributed by atoms with van der Waals surface area (Å²) in [6.07, 6.45) is 0.00295. The maximum absolute atomic E-state index is 12.4. The van der Waals surface area contributed by atoms with E-state index in [9.17, 15) is 9.59 Å². The number of thioether (sulfide) groups is 1. The molecule has 2 atom stereocenters. The molecule has 1 amide bonds. The Morgan fingerprint density at radius 1 is 1.00 bits per heavy atom. The molecular weight excluding hydrogens is 498 g/mol. The standard InChI is InChI=1S/C28H38ClNO5S/c1-6-26(19(2)3)21-7-11-23(12-8-21)34-17-24(18-36-25-13-9-22(29)10-14-25)35-28(32)30-15-16-33-27(31)20(4)5/h7-14,19-20,24,26H,6,15-18H2,1-5H3,(H,30,32). The second-order valence-corrected chi connectivity index (χ2v) is 10.7. The minimum absolute atomic E-state index is 0.0916. The summed E-state index contributed by atoms with van der Waals surface area (Å²) in [5, 5.41) is 3.29. The van der Waals surface area contributed by atoms with E-state index in [1.807, 2.05) is 36.4 Å². The molecule has 2 aromatic rings. The summed E-state index contributed by atoms with van der Waals surface area (Å²) in [5.41, 5.74) is 1.29. The van der Waals surface area contributed by atoms with Crippen molar-refractivity contribution in [1.29, 1.82) is 0 Å². The molecule has 0 bridgehead atoms. The fourth-order valence-corrected chi connectivity index (χ4v) is 4.59. The Morgan fingerprint density at radius 3 is 2.25 bits per heavy atom. The zero-order valence-electron chi connectivity index (χ0n) is 21.8. The van der Waals surface area contributed by atoms with Crippen LogP contribution in [0.1, 0.15) is 52.5 Å². The van der Waals surface area contributed by atoms with E-state index in [2.05, 4.69) is 38.2 Å². The van der Waals surface area contributed by atoms with Crippen molar-refractivity contribution in [3.8, 4) is 5.75 Å². The van der Waals surface area contributed by atoms with Crippen LogP contribution in [0.25, 0.3) is 0 Å². The summed E-state index contributed by atoms with van der Waals surface area (Å²) in [6.45, 7) is 10.7. The summed E-state index contributed by atoms with van der Waals surface area (Å²) >= 11 is 7.53. The molecule has 0 saturated heterocycles. The largest absolute Gasteiger partial charge is 0.490 e. The number of hydrogen-bond acceptors (Lipinski definition) is 6. The predicted octanol–water partition coefficient (Wildman–Crippen LogP) is 6.95. The van der Waals surface area contributed by atoms with Crippen LogP contribution in [0, 0.1) is 11.8 Å². The van der Waals surface area contributed by atoms with Crippen molar-refractivity contribution in [2.24, 2.45) is 11.8 Å². The smallest absolute Gasteiger partial charge is 0.407 e. The lowest BCUT2D eigenvalue weighted by Crippen LogP contribution is -2.35. The molecule has 0 aliphatic carbocycles. The Hall–Kier alpha value is -2.38. The average molecular weight is 536 g/mol. The number of hydrogen-bond donors (Lipinski definition) is 1. The first kappa shape index (κ1) is 29.8. The van der Waals surface area contributed by atoms with Crippen molar-refractivity contribution in [1.82, 2.24) is 5.32 Å². The number of carbonyl (C=O) groups excluding carboxylic acids is 2. The van der Waals surface area contributed by atoms with Crippen LogP contribution < -0.4 is 10.1 Å². The van der Waals surface area contributed by atoms with Crippen LogP contribution in [0.3, 0.4) is 0 Å². The lowest BCUT2D eigenvalue weighted by molar-refractivity contribution is -0.147. The average Bonchev–Trinajstić information content (AvgIpc) is 2.85. The SMILES string of the molecule is CCC(c1ccc(OCC(CSc2ccc(Cl)cc2)OC(=O)NCCOC(=O)C(C)C)cc1)C(C)C. The highest BCUT2D eigenvalue weighted by molar-refractivity contribution is 7.99. The molecule has 1 N–H and O–H groups in total. The molecule has 0 spiro atoms. The van der Waals surface area contributed by atoms with Crippen molar-refractivity contribution in [2.75, 3.05) is 25.5 Å². The summed E-state index contributed by atoms with van der Waals surface area (Å²) in [4.78, 5) is 24.9. The Kier molecular flexibility index (Phi) is 13.0. The van der Waals surface area contributed by atoms with Crippen molar-refractivity contribution in [3.05, 3.63) is 59.1 Å². The highest BCUT2D eigenvalue weighted by atomic mass is 35.5. The van der Waals surface area contributed by atoms with Crippen molar-refractivity contribution in [2.45, 2.75) is 58.0 Å². The number of rotatable bonds is 14. The maximum atomic E-state index is 12.4. The molecule has 0 radical (unpaired) electrons. The Balaban J connectivity index is 1.93. The third kappa shape index (κ3) is 10.7. The number of amides is 1. The molecular formula is C28H38ClNO5S. The molecule has 198 valence electrons. The molecule has 36 heavy (non-hydrogen) atoms. The molecule has 0 saturated carbocycles. The molecule has 0 fully saturated rings. The van der Waals surface area contributed by atoms with Crippen LogP contribution in [0.5, 0.6) is 5.75 Å². The van der Waals surface area contributed by atoms with E-state index in [0.717, 1.165) is 17.1 Å². The summed E-state index contributed by atoms with van der Waals surface area (Å²) in [7, 11) is 0. The van der Waals surface area contributed by atoms with E-state index >= 15 is 0 Å². The quantitative estimate of drug-likeness (QED) is 0.160. The predicted molar refractivity (Wildman–Crippen MR) is 146 cm³/mol. The van der Waals surface area contributed by atoms with Crippen LogP contribution in [0.4, 0.5) is 4.79 Å². The van der Waals surface area contributed by atoms with E-state index < -0.39 is 12.2 Å². The number of halogens is 1. The first-order valence-electron chi connectivity index (χ1n) is 12.4. The number of carbonyl (C=O) groups is 2. The zero-order chi connectivity index (χ0) is 26.5. The van der Waals surface area contributed by atoms with Gasteiger partial charge in [0.1, 0.15) is 25.1 Å². The fraction of sp³-hybridized carbons (Fsp3) is 0.500. The van der Waals surface area contributed by atoms with Crippen LogP contribution in [0.15, 0.2) is 53.4 Å². The minimum atomic E-state index is -0.584. The van der Waals surface area contributed by atoms with Gasteiger partial charge in [-0.15, -0.1) is 11.8 Å². The van der Waals surface area contributed by atoms with E-state index in [4.69, 9.17) is 25.8 Å². The van der Waals surface area contributed by atoms with Gasteiger partial charge in [-0.2, -0.15) is 0 Å². The van der Waals surface area contributed by atoms with E-state index in [-0.39, 0.29) is 31.6 Å². The van der Waals surface area contributed by atoms with Crippen LogP contribution in [-0.4, -0.2) is 43.7 Å². The first-order chi connectivity index (χ1) is 17.2. The molecule has 8 heteroatoms. The third-order valence-electron chi connectivity index (χ3n) is 5.60. The number of esters is 1. The Morgan fingerprint density at radius 2 is 1.67 bits per heavy atom. The molecule has 0 aliphatic rings. The Bertz CT molecular complexity index is 934. The lowest BCUT2D eigenvalue weighted by atomic mass is 9.86. The van der Waals surface area contributed by atoms with Gasteiger partial charge in [0.15, 0.2) is 0 Å². The number of alkyl carbamates (subject to hydrolysis) is 1. The molecule has 0 aromatic heterocycles. The van der Waals surface area contributed by atoms with Crippen molar-refractivity contribution < 1.29 is 23.8 Å². The fourth-order valence-electron chi connectivity index (χ4n) is 3.59. The van der Waals surface area contributed by atoms with Gasteiger partial charge in [0, 0.05) is 15.7 Å². The second-order valence-electron chi connectivity index (χ2n) is 9.18. The summed E-state index contributed by atoms with van der Waals surface area (Å²) < 4.78 is 16.7. The normalized spacial score (nSPS) is 12.8. The van der Waals surface area contributed by atoms with Gasteiger partial charge in [0.25, 0.3) is 0 Å². The van der Waals surface area contributed by atoms with Gasteiger partial charge in [-0.1, -0.05) is 58.4 Å². The van der Waals surface area contributed by atoms with E-state index in [1.165, 1.54) is 5.56 Å². The highest BCUT2D eigenvalue weighted by Crippen LogP contribution is 2.29. The highest BCUT2D eigenvalue weighted by Gasteiger charge is 2.18. The van der Waals surface area contributed by atoms with Gasteiger partial charge in [-0.3, -0.25) is 4.79 Å². The minimum Gasteiger partial charge on any atom is -0.490 e. The van der Waals surface area contributed by atoms with Gasteiger partial charge in [0.05, 0.1) is 12.5 Å². The van der Waals surface area contributed by atoms with Gasteiger partial charge in [0.2, 0.25) is 0 Å². The topological polar surface area (TPSA) is 73.9 Å². The van der Waals surface area contributed by atoms with Crippen LogP contribution in [-0.2, 0) is 14.3 Å². The van der Waals surface area contributed by atoms with Gasteiger partial charge < -0.3 is 19.5 Å². The first-order valence-corrected chi connectivity index (χ1v) is 13.8. The van der Waals surface area contributed by atoms with Crippen molar-refractivity contribution >= 4 is 35.4 Å². The second kappa shape index (κ2) is 15.7. The molecule has 0 aliphatic heterocycles. The van der Waals surface area contributed by atoms with Gasteiger partial charge in [-0.25, -0.2) is 4.79 Å². The monoisotopic (exact) mass is 535 g/mol. The van der Waals surface area contributed by atoms with E-state index in [0.29, 0.717) is 22.6 Å². The number of benzene rings is 2. The van der Waals surface area contributed by atoms with Gasteiger partial charge >= 0.3 is 12.1 Å². The molecule has 0 heterocycles. The number of nitrogens with one attached hydrogen (secondary N) is 1. The zero-order valence-corrected chi connectivity index (χ0v) is 23.4. The van der Waals surface area contributed by atoms with Crippen LogP contribution in [0.2, 0.25) is 5.02 Å². The molecule has 6 nitrogen and oxygen atoms in total. The molecule has 2 rings (SSSR count). The Labute approximate surface area is 224 Å². The maximum Gasteiger partial charge on any atom is 0.407 e. The van der Waals surface area contributed by atoms with Gasteiger partial charge in [-0.05, 0) is 60.2 Å². The van der Waals surface area contributed by atoms with Crippen molar-refractivity contribution in [3.63, 3.8) is 0 Å². The molecule has 2 unspecified atom stereocenters.